The van der Waals surface area contributed by atoms with Crippen molar-refractivity contribution in [2.75, 3.05) is 6.61 Å². The second kappa shape index (κ2) is 8.70. The van der Waals surface area contributed by atoms with Crippen LogP contribution in [0.15, 0.2) is 59.3 Å². The van der Waals surface area contributed by atoms with Gasteiger partial charge in [-0.2, -0.15) is 18.3 Å². The molecule has 170 valence electrons. The van der Waals surface area contributed by atoms with Crippen LogP contribution in [-0.4, -0.2) is 27.5 Å². The number of carbonyl (C=O) groups is 1. The molecule has 0 fully saturated rings. The molecule has 6 nitrogen and oxygen atoms in total. The summed E-state index contributed by atoms with van der Waals surface area (Å²) < 4.78 is 67.7. The third-order valence-electron chi connectivity index (χ3n) is 4.64. The van der Waals surface area contributed by atoms with E-state index in [9.17, 15) is 22.4 Å². The summed E-state index contributed by atoms with van der Waals surface area (Å²) in [7, 11) is 0. The van der Waals surface area contributed by atoms with Crippen LogP contribution in [-0.2, 0) is 10.9 Å². The molecule has 0 unspecified atom stereocenters. The maximum atomic E-state index is 14.4. The summed E-state index contributed by atoms with van der Waals surface area (Å²) in [5.41, 5.74) is -2.63. The number of hydrogen-bond donors (Lipinski definition) is 0. The van der Waals surface area contributed by atoms with Gasteiger partial charge in [0, 0.05) is 10.6 Å². The Hall–Kier alpha value is -3.66. The van der Waals surface area contributed by atoms with E-state index < -0.39 is 40.5 Å². The smallest absolute Gasteiger partial charge is 0.434 e. The van der Waals surface area contributed by atoms with Crippen molar-refractivity contribution in [3.05, 3.63) is 76.8 Å². The largest absolute Gasteiger partial charge is 0.462 e. The monoisotopic (exact) mass is 479 g/mol. The lowest BCUT2D eigenvalue weighted by Gasteiger charge is -2.12. The fourth-order valence-corrected chi connectivity index (χ4v) is 3.48. The summed E-state index contributed by atoms with van der Waals surface area (Å²) in [6.07, 6.45) is -4.02. The lowest BCUT2D eigenvalue weighted by molar-refractivity contribution is -0.142. The molecule has 0 saturated carbocycles. The van der Waals surface area contributed by atoms with Crippen LogP contribution in [0.5, 0.6) is 0 Å². The van der Waals surface area contributed by atoms with Gasteiger partial charge in [0.05, 0.1) is 24.1 Å². The molecule has 0 atom stereocenters. The van der Waals surface area contributed by atoms with E-state index in [-0.39, 0.29) is 28.6 Å². The van der Waals surface area contributed by atoms with E-state index in [0.29, 0.717) is 4.68 Å². The van der Waals surface area contributed by atoms with Gasteiger partial charge in [0.15, 0.2) is 11.5 Å². The van der Waals surface area contributed by atoms with E-state index in [2.05, 4.69) is 10.3 Å². The molecule has 0 aliphatic carbocycles. The number of aromatic nitrogens is 3. The fourth-order valence-electron chi connectivity index (χ4n) is 3.29. The number of nitrogens with zero attached hydrogens (tertiary/aromatic N) is 3. The van der Waals surface area contributed by atoms with Crippen molar-refractivity contribution in [2.24, 2.45) is 0 Å². The van der Waals surface area contributed by atoms with Crippen LogP contribution in [0.1, 0.15) is 23.0 Å². The second-order valence-electron chi connectivity index (χ2n) is 6.73. The average molecular weight is 480 g/mol. The number of hydrogen-bond acceptors (Lipinski definition) is 5. The molecule has 0 radical (unpaired) electrons. The summed E-state index contributed by atoms with van der Waals surface area (Å²) in [6.45, 7) is 1.44. The van der Waals surface area contributed by atoms with Crippen LogP contribution in [0.2, 0.25) is 5.02 Å². The summed E-state index contributed by atoms with van der Waals surface area (Å²) in [5.74, 6) is -2.31. The van der Waals surface area contributed by atoms with Gasteiger partial charge in [-0.1, -0.05) is 35.0 Å². The molecule has 2 aromatic heterocycles. The molecule has 2 heterocycles. The van der Waals surface area contributed by atoms with E-state index in [4.69, 9.17) is 20.9 Å². The molecule has 0 saturated heterocycles. The summed E-state index contributed by atoms with van der Waals surface area (Å²) >= 11 is 5.93. The first kappa shape index (κ1) is 22.5. The van der Waals surface area contributed by atoms with Crippen LogP contribution in [0.4, 0.5) is 17.6 Å². The molecule has 2 aromatic carbocycles. The quantitative estimate of drug-likeness (QED) is 0.252. The highest BCUT2D eigenvalue weighted by atomic mass is 35.5. The predicted octanol–water partition coefficient (Wildman–Crippen LogP) is 6.18. The zero-order valence-corrected chi connectivity index (χ0v) is 17.6. The second-order valence-corrected chi connectivity index (χ2v) is 7.17. The van der Waals surface area contributed by atoms with Gasteiger partial charge in [0.1, 0.15) is 17.1 Å². The predicted molar refractivity (Wildman–Crippen MR) is 110 cm³/mol. The molecule has 4 aromatic rings. The zero-order valence-electron chi connectivity index (χ0n) is 16.9. The molecule has 4 rings (SSSR count). The standard InChI is InChI=1S/C22H14ClF4N3O3/c1-2-32-21(31)17-18(14-8-3-4-9-16(14)24)29-33-19(17)15-11-28-30(20(15)22(25,26)27)13-7-5-6-12(23)10-13/h3-11H,2H2,1H3. The molecule has 0 spiro atoms. The maximum Gasteiger partial charge on any atom is 0.434 e. The SMILES string of the molecule is CCOC(=O)c1c(-c2ccccc2F)noc1-c1cnn(-c2cccc(Cl)c2)c1C(F)(F)F. The minimum atomic E-state index is -4.91. The van der Waals surface area contributed by atoms with Crippen molar-refractivity contribution in [1.82, 2.24) is 14.9 Å². The first-order valence-corrected chi connectivity index (χ1v) is 9.93. The topological polar surface area (TPSA) is 70.2 Å². The Morgan fingerprint density at radius 3 is 2.58 bits per heavy atom. The number of esters is 1. The number of halogens is 5. The number of ether oxygens (including phenoxy) is 1. The van der Waals surface area contributed by atoms with E-state index >= 15 is 0 Å². The van der Waals surface area contributed by atoms with E-state index in [0.717, 1.165) is 12.3 Å². The van der Waals surface area contributed by atoms with Gasteiger partial charge in [-0.3, -0.25) is 0 Å². The van der Waals surface area contributed by atoms with Crippen molar-refractivity contribution in [2.45, 2.75) is 13.1 Å². The molecule has 0 bridgehead atoms. The normalized spacial score (nSPS) is 11.6. The molecular formula is C22H14ClF4N3O3. The van der Waals surface area contributed by atoms with Crippen LogP contribution in [0, 0.1) is 5.82 Å². The third-order valence-corrected chi connectivity index (χ3v) is 4.87. The van der Waals surface area contributed by atoms with Gasteiger partial charge in [0.25, 0.3) is 0 Å². The van der Waals surface area contributed by atoms with E-state index in [1.165, 1.54) is 49.4 Å². The maximum absolute atomic E-state index is 14.4. The van der Waals surface area contributed by atoms with Crippen molar-refractivity contribution in [3.63, 3.8) is 0 Å². The molecule has 0 aliphatic heterocycles. The van der Waals surface area contributed by atoms with Crippen LogP contribution in [0.3, 0.4) is 0 Å². The summed E-state index contributed by atoms with van der Waals surface area (Å²) in [6, 6.07) is 11.0. The molecule has 0 N–H and O–H groups in total. The molecule has 0 aliphatic rings. The zero-order chi connectivity index (χ0) is 23.8. The Bertz CT molecular complexity index is 1330. The van der Waals surface area contributed by atoms with Gasteiger partial charge in [-0.25, -0.2) is 13.9 Å². The van der Waals surface area contributed by atoms with Crippen molar-refractivity contribution in [1.29, 1.82) is 0 Å². The average Bonchev–Trinajstić information content (AvgIpc) is 3.38. The number of alkyl halides is 3. The number of benzene rings is 2. The fraction of sp³-hybridized carbons (Fsp3) is 0.136. The van der Waals surface area contributed by atoms with Gasteiger partial charge >= 0.3 is 12.1 Å². The minimum absolute atomic E-state index is 0.0348. The first-order valence-electron chi connectivity index (χ1n) is 9.55. The van der Waals surface area contributed by atoms with Crippen LogP contribution < -0.4 is 0 Å². The molecule has 11 heteroatoms. The Labute approximate surface area is 189 Å². The van der Waals surface area contributed by atoms with Crippen molar-refractivity contribution >= 4 is 17.6 Å². The molecular weight excluding hydrogens is 466 g/mol. The lowest BCUT2D eigenvalue weighted by Crippen LogP contribution is -2.15. The lowest BCUT2D eigenvalue weighted by atomic mass is 10.0. The number of rotatable bonds is 5. The molecule has 0 amide bonds. The Morgan fingerprint density at radius 1 is 1.15 bits per heavy atom. The third kappa shape index (κ3) is 4.21. The van der Waals surface area contributed by atoms with Crippen LogP contribution >= 0.6 is 11.6 Å². The summed E-state index contributed by atoms with van der Waals surface area (Å²) in [5, 5.41) is 7.75. The Balaban J connectivity index is 1.98. The van der Waals surface area contributed by atoms with Gasteiger partial charge in [0.2, 0.25) is 0 Å². The van der Waals surface area contributed by atoms with Crippen molar-refractivity contribution < 1.29 is 31.6 Å². The highest BCUT2D eigenvalue weighted by Crippen LogP contribution is 2.42. The number of carbonyl (C=O) groups excluding carboxylic acids is 1. The Kier molecular flexibility index (Phi) is 5.94. The van der Waals surface area contributed by atoms with E-state index in [1.54, 1.807) is 0 Å². The molecule has 33 heavy (non-hydrogen) atoms. The highest BCUT2D eigenvalue weighted by Gasteiger charge is 2.42. The first-order chi connectivity index (χ1) is 15.7. The summed E-state index contributed by atoms with van der Waals surface area (Å²) in [4.78, 5) is 12.7. The highest BCUT2D eigenvalue weighted by molar-refractivity contribution is 6.30. The van der Waals surface area contributed by atoms with Crippen LogP contribution in [0.25, 0.3) is 28.3 Å². The van der Waals surface area contributed by atoms with Gasteiger partial charge in [-0.15, -0.1) is 0 Å². The van der Waals surface area contributed by atoms with Gasteiger partial charge < -0.3 is 9.26 Å². The van der Waals surface area contributed by atoms with E-state index in [1.807, 2.05) is 0 Å². The minimum Gasteiger partial charge on any atom is -0.462 e. The van der Waals surface area contributed by atoms with Crippen molar-refractivity contribution in [3.8, 4) is 28.3 Å². The van der Waals surface area contributed by atoms with Gasteiger partial charge in [-0.05, 0) is 37.3 Å². The Morgan fingerprint density at radius 2 is 1.91 bits per heavy atom.